The first-order chi connectivity index (χ1) is 5.63. The Morgan fingerprint density at radius 1 is 1.75 bits per heavy atom. The zero-order valence-corrected chi connectivity index (χ0v) is 6.28. The average molecular weight is 179 g/mol. The quantitative estimate of drug-likeness (QED) is 0.284. The van der Waals surface area contributed by atoms with E-state index < -0.39 is 18.4 Å². The lowest BCUT2D eigenvalue weighted by atomic mass is 10.3. The van der Waals surface area contributed by atoms with Crippen molar-refractivity contribution in [3.63, 3.8) is 0 Å². The van der Waals surface area contributed by atoms with Crippen LogP contribution in [0, 0.1) is 0 Å². The molecule has 0 bridgehead atoms. The molecule has 0 radical (unpaired) electrons. The Balaban J connectivity index is 4.29. The number of azide groups is 1. The summed E-state index contributed by atoms with van der Waals surface area (Å²) in [6.07, 6.45) is -3.03. The van der Waals surface area contributed by atoms with Crippen molar-refractivity contribution in [2.24, 2.45) is 5.11 Å². The van der Waals surface area contributed by atoms with Gasteiger partial charge in [-0.2, -0.15) is 0 Å². The molecule has 12 heavy (non-hydrogen) atoms. The SMILES string of the molecule is CCOC(=O)C(N=[N+]=[N-])C(F)F. The van der Waals surface area contributed by atoms with Crippen LogP contribution < -0.4 is 0 Å². The van der Waals surface area contributed by atoms with Crippen LogP contribution in [-0.4, -0.2) is 25.0 Å². The molecule has 68 valence electrons. The maximum atomic E-state index is 11.9. The molecule has 0 aliphatic rings. The highest BCUT2D eigenvalue weighted by Crippen LogP contribution is 2.07. The van der Waals surface area contributed by atoms with Gasteiger partial charge in [0.05, 0.1) is 6.61 Å². The van der Waals surface area contributed by atoms with E-state index in [1.54, 1.807) is 0 Å². The summed E-state index contributed by atoms with van der Waals surface area (Å²) in [5, 5.41) is 2.60. The molecule has 0 heterocycles. The van der Waals surface area contributed by atoms with Crippen molar-refractivity contribution in [1.29, 1.82) is 0 Å². The van der Waals surface area contributed by atoms with Crippen molar-refractivity contribution in [3.8, 4) is 0 Å². The predicted molar refractivity (Wildman–Crippen MR) is 35.6 cm³/mol. The smallest absolute Gasteiger partial charge is 0.320 e. The number of hydrogen-bond acceptors (Lipinski definition) is 3. The van der Waals surface area contributed by atoms with Gasteiger partial charge in [-0.05, 0) is 12.5 Å². The summed E-state index contributed by atoms with van der Waals surface area (Å²) in [6, 6.07) is -2.03. The molecule has 0 spiro atoms. The molecule has 0 aliphatic carbocycles. The molecule has 0 aromatic rings. The largest absolute Gasteiger partial charge is 0.466 e. The summed E-state index contributed by atoms with van der Waals surface area (Å²) in [7, 11) is 0. The molecule has 0 amide bonds. The number of halogens is 2. The van der Waals surface area contributed by atoms with Crippen molar-refractivity contribution < 1.29 is 18.3 Å². The molecule has 0 aromatic heterocycles. The van der Waals surface area contributed by atoms with Gasteiger partial charge < -0.3 is 4.74 Å². The molecule has 0 fully saturated rings. The molecule has 1 unspecified atom stereocenters. The molecule has 0 saturated carbocycles. The molecule has 0 aliphatic heterocycles. The fourth-order valence-electron chi connectivity index (χ4n) is 0.484. The van der Waals surface area contributed by atoms with Crippen LogP contribution in [0.1, 0.15) is 6.92 Å². The molecule has 0 N–H and O–H groups in total. The summed E-state index contributed by atoms with van der Waals surface area (Å²) in [5.41, 5.74) is 7.82. The Bertz CT molecular complexity index is 203. The van der Waals surface area contributed by atoms with Crippen molar-refractivity contribution in [3.05, 3.63) is 10.4 Å². The second-order valence-corrected chi connectivity index (χ2v) is 1.74. The highest BCUT2D eigenvalue weighted by atomic mass is 19.3. The van der Waals surface area contributed by atoms with Crippen LogP contribution in [0.2, 0.25) is 0 Å². The van der Waals surface area contributed by atoms with Crippen LogP contribution in [0.15, 0.2) is 5.11 Å². The summed E-state index contributed by atoms with van der Waals surface area (Å²) in [5.74, 6) is -1.20. The third-order valence-electron chi connectivity index (χ3n) is 0.943. The van der Waals surface area contributed by atoms with Gasteiger partial charge in [-0.15, -0.1) is 0 Å². The van der Waals surface area contributed by atoms with Gasteiger partial charge in [-0.3, -0.25) is 4.79 Å². The second-order valence-electron chi connectivity index (χ2n) is 1.74. The lowest BCUT2D eigenvalue weighted by Crippen LogP contribution is -2.28. The normalized spacial score (nSPS) is 12.0. The van der Waals surface area contributed by atoms with E-state index in [4.69, 9.17) is 5.53 Å². The lowest BCUT2D eigenvalue weighted by molar-refractivity contribution is -0.148. The fourth-order valence-corrected chi connectivity index (χ4v) is 0.484. The Labute approximate surface area is 66.9 Å². The number of alkyl halides is 2. The van der Waals surface area contributed by atoms with E-state index in [2.05, 4.69) is 14.8 Å². The number of carbonyl (C=O) groups excluding carboxylic acids is 1. The average Bonchev–Trinajstić information content (AvgIpc) is 1.99. The molecule has 1 atom stereocenters. The van der Waals surface area contributed by atoms with Crippen LogP contribution in [0.25, 0.3) is 10.4 Å². The zero-order chi connectivity index (χ0) is 9.56. The first-order valence-corrected chi connectivity index (χ1v) is 3.12. The first kappa shape index (κ1) is 10.6. The van der Waals surface area contributed by atoms with E-state index in [1.165, 1.54) is 6.92 Å². The zero-order valence-electron chi connectivity index (χ0n) is 6.28. The highest BCUT2D eigenvalue weighted by Gasteiger charge is 2.28. The van der Waals surface area contributed by atoms with Crippen LogP contribution in [0.4, 0.5) is 8.78 Å². The van der Waals surface area contributed by atoms with E-state index in [-0.39, 0.29) is 6.61 Å². The van der Waals surface area contributed by atoms with Gasteiger partial charge in [-0.1, -0.05) is 5.11 Å². The summed E-state index contributed by atoms with van der Waals surface area (Å²) < 4.78 is 28.0. The number of rotatable bonds is 4. The third-order valence-corrected chi connectivity index (χ3v) is 0.943. The van der Waals surface area contributed by atoms with Crippen LogP contribution in [0.3, 0.4) is 0 Å². The molecule has 5 nitrogen and oxygen atoms in total. The van der Waals surface area contributed by atoms with Crippen LogP contribution in [0.5, 0.6) is 0 Å². The first-order valence-electron chi connectivity index (χ1n) is 3.12. The molecule has 7 heteroatoms. The van der Waals surface area contributed by atoms with E-state index in [9.17, 15) is 13.6 Å². The Morgan fingerprint density at radius 3 is 2.67 bits per heavy atom. The van der Waals surface area contributed by atoms with E-state index in [0.29, 0.717) is 0 Å². The van der Waals surface area contributed by atoms with E-state index in [1.807, 2.05) is 0 Å². The number of carbonyl (C=O) groups is 1. The predicted octanol–water partition coefficient (Wildman–Crippen LogP) is 1.49. The fraction of sp³-hybridized carbons (Fsp3) is 0.800. The second kappa shape index (κ2) is 5.31. The van der Waals surface area contributed by atoms with E-state index >= 15 is 0 Å². The Hall–Kier alpha value is -1.36. The monoisotopic (exact) mass is 179 g/mol. The number of ether oxygens (including phenoxy) is 1. The maximum absolute atomic E-state index is 11.9. The topological polar surface area (TPSA) is 75.1 Å². The summed E-state index contributed by atoms with van der Waals surface area (Å²) in [4.78, 5) is 12.7. The van der Waals surface area contributed by atoms with Crippen LogP contribution >= 0.6 is 0 Å². The van der Waals surface area contributed by atoms with Gasteiger partial charge in [-0.25, -0.2) is 8.78 Å². The third kappa shape index (κ3) is 3.16. The van der Waals surface area contributed by atoms with E-state index in [0.717, 1.165) is 0 Å². The molecular weight excluding hydrogens is 172 g/mol. The van der Waals surface area contributed by atoms with Crippen molar-refractivity contribution in [2.45, 2.75) is 19.4 Å². The van der Waals surface area contributed by atoms with Gasteiger partial charge in [0.2, 0.25) is 0 Å². The summed E-state index contributed by atoms with van der Waals surface area (Å²) >= 11 is 0. The van der Waals surface area contributed by atoms with Gasteiger partial charge in [0, 0.05) is 4.91 Å². The molecule has 0 rings (SSSR count). The van der Waals surface area contributed by atoms with Gasteiger partial charge in [0.25, 0.3) is 6.43 Å². The minimum Gasteiger partial charge on any atom is -0.466 e. The molecule has 0 aromatic carbocycles. The highest BCUT2D eigenvalue weighted by molar-refractivity contribution is 5.76. The maximum Gasteiger partial charge on any atom is 0.320 e. The number of hydrogen-bond donors (Lipinski definition) is 0. The minimum absolute atomic E-state index is 0.0248. The minimum atomic E-state index is -3.03. The summed E-state index contributed by atoms with van der Waals surface area (Å²) in [6.45, 7) is 1.44. The molecular formula is C5H7F2N3O2. The standard InChI is InChI=1S/C5H7F2N3O2/c1-2-12-5(11)3(4(6)7)9-10-8/h3-4H,2H2,1H3. The van der Waals surface area contributed by atoms with Crippen molar-refractivity contribution in [2.75, 3.05) is 6.61 Å². The van der Waals surface area contributed by atoms with Crippen molar-refractivity contribution >= 4 is 5.97 Å². The Kier molecular flexibility index (Phi) is 4.71. The number of esters is 1. The lowest BCUT2D eigenvalue weighted by Gasteiger charge is -2.07. The molecule has 0 saturated heterocycles. The van der Waals surface area contributed by atoms with Crippen LogP contribution in [-0.2, 0) is 9.53 Å². The van der Waals surface area contributed by atoms with Gasteiger partial charge in [0.15, 0.2) is 6.04 Å². The van der Waals surface area contributed by atoms with Gasteiger partial charge in [0.1, 0.15) is 0 Å². The van der Waals surface area contributed by atoms with Crippen molar-refractivity contribution in [1.82, 2.24) is 0 Å². The number of nitrogens with zero attached hydrogens (tertiary/aromatic N) is 3. The Morgan fingerprint density at radius 2 is 2.33 bits per heavy atom. The van der Waals surface area contributed by atoms with Gasteiger partial charge >= 0.3 is 5.97 Å².